The Morgan fingerprint density at radius 1 is 1.08 bits per heavy atom. The third-order valence-corrected chi connectivity index (χ3v) is 4.16. The summed E-state index contributed by atoms with van der Waals surface area (Å²) in [5.74, 6) is 0. The Kier molecular flexibility index (Phi) is 3.67. The number of hydrogen-bond acceptors (Lipinski definition) is 3. The molecule has 130 valence electrons. The summed E-state index contributed by atoms with van der Waals surface area (Å²) in [4.78, 5) is 5.17. The highest BCUT2D eigenvalue weighted by atomic mass is 19.4. The molecule has 0 bridgehead atoms. The summed E-state index contributed by atoms with van der Waals surface area (Å²) in [6.07, 6.45) is -8.56. The minimum Gasteiger partial charge on any atom is -0.379 e. The van der Waals surface area contributed by atoms with Crippen LogP contribution in [-0.4, -0.2) is 35.0 Å². The minimum absolute atomic E-state index is 0.0322. The van der Waals surface area contributed by atoms with Crippen LogP contribution in [0.15, 0.2) is 30.5 Å². The summed E-state index contributed by atoms with van der Waals surface area (Å²) in [6.45, 7) is -0.729. The van der Waals surface area contributed by atoms with Gasteiger partial charge in [-0.3, -0.25) is 4.98 Å². The van der Waals surface area contributed by atoms with Gasteiger partial charge in [-0.05, 0) is 18.2 Å². The van der Waals surface area contributed by atoms with Crippen LogP contribution in [-0.2, 0) is 6.18 Å². The molecule has 1 aromatic heterocycles. The predicted octanol–water partition coefficient (Wildman–Crippen LogP) is 3.76. The number of aromatic nitrogens is 1. The molecule has 0 radical (unpaired) electrons. The molecule has 9 heteroatoms. The second-order valence-corrected chi connectivity index (χ2v) is 5.76. The zero-order valence-electron chi connectivity index (χ0n) is 12.1. The van der Waals surface area contributed by atoms with Gasteiger partial charge in [0.1, 0.15) is 0 Å². The zero-order chi connectivity index (χ0) is 17.8. The molecule has 1 aromatic carbocycles. The number of fused-ring (bicyclic) bond motifs is 1. The summed E-state index contributed by atoms with van der Waals surface area (Å²) in [7, 11) is 0. The third kappa shape index (κ3) is 2.77. The van der Waals surface area contributed by atoms with Crippen LogP contribution in [0.4, 0.5) is 32.0 Å². The summed E-state index contributed by atoms with van der Waals surface area (Å²) in [6, 6.07) is 4.33. The first-order valence-electron chi connectivity index (χ1n) is 7.01. The SMILES string of the molecule is OC1(C(F)(F)F)CCN(c2ccnc3cc(C(F)(F)F)ccc23)C1. The fraction of sp³-hybridized carbons (Fsp3) is 0.400. The number of anilines is 1. The monoisotopic (exact) mass is 350 g/mol. The van der Waals surface area contributed by atoms with Crippen LogP contribution in [0.3, 0.4) is 0 Å². The fourth-order valence-corrected chi connectivity index (χ4v) is 2.82. The zero-order valence-corrected chi connectivity index (χ0v) is 12.1. The van der Waals surface area contributed by atoms with E-state index in [1.807, 2.05) is 0 Å². The highest BCUT2D eigenvalue weighted by Gasteiger charge is 2.57. The van der Waals surface area contributed by atoms with E-state index in [-0.39, 0.29) is 12.1 Å². The van der Waals surface area contributed by atoms with Gasteiger partial charge in [0.05, 0.1) is 17.6 Å². The molecular weight excluding hydrogens is 338 g/mol. The summed E-state index contributed by atoms with van der Waals surface area (Å²) < 4.78 is 77.0. The molecule has 1 saturated heterocycles. The second kappa shape index (κ2) is 5.23. The molecule has 0 spiro atoms. The van der Waals surface area contributed by atoms with Gasteiger partial charge >= 0.3 is 12.4 Å². The Morgan fingerprint density at radius 2 is 1.79 bits per heavy atom. The minimum atomic E-state index is -4.77. The maximum atomic E-state index is 12.9. The van der Waals surface area contributed by atoms with E-state index in [9.17, 15) is 31.4 Å². The molecule has 1 N–H and O–H groups in total. The number of benzene rings is 1. The third-order valence-electron chi connectivity index (χ3n) is 4.16. The predicted molar refractivity (Wildman–Crippen MR) is 74.6 cm³/mol. The molecule has 2 aromatic rings. The van der Waals surface area contributed by atoms with E-state index >= 15 is 0 Å². The van der Waals surface area contributed by atoms with Gasteiger partial charge in [-0.1, -0.05) is 6.07 Å². The molecule has 0 amide bonds. The standard InChI is InChI=1S/C15H12F6N2O/c16-14(17,18)9-1-2-10-11(7-9)22-5-3-12(10)23-6-4-13(24,8-23)15(19,20)21/h1-3,5,7,24H,4,6,8H2. The summed E-state index contributed by atoms with van der Waals surface area (Å²) >= 11 is 0. The Balaban J connectivity index is 2.00. The number of rotatable bonds is 1. The Hall–Kier alpha value is -2.03. The second-order valence-electron chi connectivity index (χ2n) is 5.76. The first-order valence-corrected chi connectivity index (χ1v) is 7.01. The normalized spacial score (nSPS) is 22.4. The number of hydrogen-bond donors (Lipinski definition) is 1. The quantitative estimate of drug-likeness (QED) is 0.796. The highest BCUT2D eigenvalue weighted by molar-refractivity contribution is 5.92. The van der Waals surface area contributed by atoms with Crippen molar-refractivity contribution in [2.45, 2.75) is 24.4 Å². The van der Waals surface area contributed by atoms with Crippen LogP contribution >= 0.6 is 0 Å². The van der Waals surface area contributed by atoms with Gasteiger partial charge in [-0.25, -0.2) is 0 Å². The van der Waals surface area contributed by atoms with E-state index in [0.29, 0.717) is 11.1 Å². The molecule has 1 unspecified atom stereocenters. The molecule has 1 fully saturated rings. The Morgan fingerprint density at radius 3 is 2.38 bits per heavy atom. The van der Waals surface area contributed by atoms with Gasteiger partial charge in [0.25, 0.3) is 0 Å². The molecule has 0 aliphatic carbocycles. The van der Waals surface area contributed by atoms with E-state index in [2.05, 4.69) is 4.98 Å². The maximum absolute atomic E-state index is 12.9. The number of β-amino-alcohol motifs (C(OH)–C–C–N with tert-alkyl or cyclic N) is 1. The van der Waals surface area contributed by atoms with Crippen LogP contribution in [0.1, 0.15) is 12.0 Å². The lowest BCUT2D eigenvalue weighted by molar-refractivity contribution is -0.250. The average Bonchev–Trinajstić information content (AvgIpc) is 2.88. The fourth-order valence-electron chi connectivity index (χ4n) is 2.82. The van der Waals surface area contributed by atoms with Crippen molar-refractivity contribution < 1.29 is 31.4 Å². The lowest BCUT2D eigenvalue weighted by Crippen LogP contribution is -2.47. The highest BCUT2D eigenvalue weighted by Crippen LogP contribution is 2.41. The van der Waals surface area contributed by atoms with Gasteiger partial charge in [0.15, 0.2) is 5.60 Å². The van der Waals surface area contributed by atoms with Crippen LogP contribution < -0.4 is 4.90 Å². The smallest absolute Gasteiger partial charge is 0.379 e. The molecule has 1 atom stereocenters. The van der Waals surface area contributed by atoms with Crippen molar-refractivity contribution >= 4 is 16.6 Å². The van der Waals surface area contributed by atoms with Crippen LogP contribution in [0.5, 0.6) is 0 Å². The molecule has 1 aliphatic heterocycles. The topological polar surface area (TPSA) is 36.4 Å². The van der Waals surface area contributed by atoms with E-state index in [4.69, 9.17) is 0 Å². The summed E-state index contributed by atoms with van der Waals surface area (Å²) in [5.41, 5.74) is -3.36. The summed E-state index contributed by atoms with van der Waals surface area (Å²) in [5, 5.41) is 10.1. The van der Waals surface area contributed by atoms with Crippen molar-refractivity contribution in [1.82, 2.24) is 4.98 Å². The van der Waals surface area contributed by atoms with Gasteiger partial charge in [-0.15, -0.1) is 0 Å². The molecule has 3 nitrogen and oxygen atoms in total. The van der Waals surface area contributed by atoms with Crippen LogP contribution in [0, 0.1) is 0 Å². The van der Waals surface area contributed by atoms with Crippen molar-refractivity contribution in [2.24, 2.45) is 0 Å². The van der Waals surface area contributed by atoms with Crippen LogP contribution in [0.25, 0.3) is 10.9 Å². The van der Waals surface area contributed by atoms with Crippen molar-refractivity contribution in [3.63, 3.8) is 0 Å². The molecule has 1 aliphatic rings. The average molecular weight is 350 g/mol. The van der Waals surface area contributed by atoms with Crippen molar-refractivity contribution in [1.29, 1.82) is 0 Å². The molecule has 3 rings (SSSR count). The molecule has 2 heterocycles. The van der Waals surface area contributed by atoms with E-state index in [1.54, 1.807) is 0 Å². The van der Waals surface area contributed by atoms with Crippen molar-refractivity contribution in [3.8, 4) is 0 Å². The lowest BCUT2D eigenvalue weighted by Gasteiger charge is -2.27. The van der Waals surface area contributed by atoms with Gasteiger partial charge in [0.2, 0.25) is 0 Å². The van der Waals surface area contributed by atoms with Crippen LogP contribution in [0.2, 0.25) is 0 Å². The van der Waals surface area contributed by atoms with E-state index < -0.39 is 36.5 Å². The largest absolute Gasteiger partial charge is 0.418 e. The number of alkyl halides is 6. The van der Waals surface area contributed by atoms with E-state index in [1.165, 1.54) is 23.2 Å². The first-order chi connectivity index (χ1) is 11.0. The van der Waals surface area contributed by atoms with Gasteiger partial charge < -0.3 is 10.0 Å². The van der Waals surface area contributed by atoms with Crippen molar-refractivity contribution in [2.75, 3.05) is 18.0 Å². The number of nitrogens with zero attached hydrogens (tertiary/aromatic N) is 2. The van der Waals surface area contributed by atoms with E-state index in [0.717, 1.165) is 12.1 Å². The lowest BCUT2D eigenvalue weighted by atomic mass is 10.0. The number of aliphatic hydroxyl groups is 1. The Bertz CT molecular complexity index is 773. The van der Waals surface area contributed by atoms with Crippen molar-refractivity contribution in [3.05, 3.63) is 36.0 Å². The maximum Gasteiger partial charge on any atom is 0.418 e. The molecule has 0 saturated carbocycles. The molecular formula is C15H12F6N2O. The number of pyridine rings is 1. The van der Waals surface area contributed by atoms with Gasteiger partial charge in [0, 0.05) is 30.2 Å². The Labute approximate surface area is 132 Å². The molecule has 24 heavy (non-hydrogen) atoms. The number of halogens is 6. The van der Waals surface area contributed by atoms with Gasteiger partial charge in [-0.2, -0.15) is 26.3 Å². The first kappa shape index (κ1) is 16.8.